The van der Waals surface area contributed by atoms with Crippen molar-refractivity contribution in [2.45, 2.75) is 25.0 Å². The van der Waals surface area contributed by atoms with Crippen molar-refractivity contribution in [3.05, 3.63) is 35.9 Å². The Balaban J connectivity index is 1.89. The van der Waals surface area contributed by atoms with Gasteiger partial charge in [0.1, 0.15) is 0 Å². The first-order valence-corrected chi connectivity index (χ1v) is 6.36. The number of imide groups is 1. The van der Waals surface area contributed by atoms with Crippen LogP contribution in [-0.2, 0) is 9.59 Å². The Morgan fingerprint density at radius 1 is 1.37 bits per heavy atom. The summed E-state index contributed by atoms with van der Waals surface area (Å²) in [5, 5.41) is 13.0. The minimum Gasteiger partial charge on any atom is -0.387 e. The van der Waals surface area contributed by atoms with Crippen molar-refractivity contribution in [3.8, 4) is 0 Å². The predicted octanol–water partition coefficient (Wildman–Crippen LogP) is 0.457. The van der Waals surface area contributed by atoms with E-state index in [1.807, 2.05) is 30.3 Å². The van der Waals surface area contributed by atoms with Crippen LogP contribution < -0.4 is 5.32 Å². The maximum atomic E-state index is 11.8. The summed E-state index contributed by atoms with van der Waals surface area (Å²) in [5.74, 6) is -0.372. The van der Waals surface area contributed by atoms with E-state index in [0.29, 0.717) is 19.4 Å². The highest BCUT2D eigenvalue weighted by Gasteiger charge is 2.31. The Bertz CT molecular complexity index is 461. The van der Waals surface area contributed by atoms with Crippen molar-refractivity contribution in [1.82, 2.24) is 10.2 Å². The van der Waals surface area contributed by atoms with Crippen LogP contribution in [0, 0.1) is 0 Å². The number of hydrogen-bond donors (Lipinski definition) is 2. The number of likely N-dealkylation sites (N-methyl/N-ethyl adjacent to an activating group) is 1. The van der Waals surface area contributed by atoms with Crippen molar-refractivity contribution in [2.24, 2.45) is 0 Å². The maximum absolute atomic E-state index is 11.8. The molecular weight excluding hydrogens is 244 g/mol. The van der Waals surface area contributed by atoms with E-state index < -0.39 is 6.10 Å². The van der Waals surface area contributed by atoms with E-state index in [2.05, 4.69) is 5.32 Å². The van der Waals surface area contributed by atoms with Crippen LogP contribution in [-0.4, -0.2) is 41.5 Å². The van der Waals surface area contributed by atoms with Gasteiger partial charge >= 0.3 is 0 Å². The molecule has 0 aliphatic carbocycles. The number of piperidine rings is 1. The molecule has 2 amide bonds. The molecule has 0 aromatic heterocycles. The molecule has 5 heteroatoms. The zero-order valence-corrected chi connectivity index (χ0v) is 10.9. The topological polar surface area (TPSA) is 69.6 Å². The Morgan fingerprint density at radius 3 is 2.74 bits per heavy atom. The molecule has 19 heavy (non-hydrogen) atoms. The zero-order valence-electron chi connectivity index (χ0n) is 10.9. The smallest absolute Gasteiger partial charge is 0.246 e. The number of aliphatic hydroxyl groups excluding tert-OH is 1. The van der Waals surface area contributed by atoms with Gasteiger partial charge in [0.25, 0.3) is 0 Å². The SMILES string of the molecule is CN1C(=O)CCC(NCC(O)c2ccccc2)C1=O. The van der Waals surface area contributed by atoms with E-state index in [1.165, 1.54) is 7.05 Å². The second kappa shape index (κ2) is 5.95. The van der Waals surface area contributed by atoms with Crippen LogP contribution in [0.5, 0.6) is 0 Å². The third kappa shape index (κ3) is 3.19. The van der Waals surface area contributed by atoms with Crippen LogP contribution in [0.4, 0.5) is 0 Å². The van der Waals surface area contributed by atoms with E-state index >= 15 is 0 Å². The number of carbonyl (C=O) groups is 2. The van der Waals surface area contributed by atoms with Gasteiger partial charge in [-0.2, -0.15) is 0 Å². The predicted molar refractivity (Wildman–Crippen MR) is 70.2 cm³/mol. The van der Waals surface area contributed by atoms with E-state index in [1.54, 1.807) is 0 Å². The molecule has 2 N–H and O–H groups in total. The normalized spacial score (nSPS) is 21.6. The Hall–Kier alpha value is -1.72. The van der Waals surface area contributed by atoms with Gasteiger partial charge in [0.15, 0.2) is 0 Å². The van der Waals surface area contributed by atoms with Crippen LogP contribution in [0.15, 0.2) is 30.3 Å². The van der Waals surface area contributed by atoms with Crippen molar-refractivity contribution in [2.75, 3.05) is 13.6 Å². The molecule has 0 saturated carbocycles. The first-order valence-electron chi connectivity index (χ1n) is 6.36. The van der Waals surface area contributed by atoms with Crippen LogP contribution >= 0.6 is 0 Å². The molecule has 0 radical (unpaired) electrons. The lowest BCUT2D eigenvalue weighted by molar-refractivity contribution is -0.148. The lowest BCUT2D eigenvalue weighted by Gasteiger charge is -2.29. The van der Waals surface area contributed by atoms with Gasteiger partial charge in [-0.1, -0.05) is 30.3 Å². The maximum Gasteiger partial charge on any atom is 0.246 e. The third-order valence-corrected chi connectivity index (χ3v) is 3.39. The number of nitrogens with one attached hydrogen (secondary N) is 1. The summed E-state index contributed by atoms with van der Waals surface area (Å²) in [4.78, 5) is 24.3. The van der Waals surface area contributed by atoms with Gasteiger partial charge in [0.2, 0.25) is 11.8 Å². The Kier molecular flexibility index (Phi) is 4.29. The Labute approximate surface area is 112 Å². The number of rotatable bonds is 4. The number of hydrogen-bond acceptors (Lipinski definition) is 4. The standard InChI is InChI=1S/C14H18N2O3/c1-16-13(18)8-7-11(14(16)19)15-9-12(17)10-5-3-2-4-6-10/h2-6,11-12,15,17H,7-9H2,1H3. The van der Waals surface area contributed by atoms with E-state index in [-0.39, 0.29) is 17.9 Å². The number of carbonyl (C=O) groups excluding carboxylic acids is 2. The van der Waals surface area contributed by atoms with Gasteiger partial charge in [-0.05, 0) is 12.0 Å². The van der Waals surface area contributed by atoms with Crippen molar-refractivity contribution < 1.29 is 14.7 Å². The van der Waals surface area contributed by atoms with Crippen LogP contribution in [0.3, 0.4) is 0 Å². The summed E-state index contributed by atoms with van der Waals surface area (Å²) in [6.45, 7) is 0.294. The fourth-order valence-corrected chi connectivity index (χ4v) is 2.15. The summed E-state index contributed by atoms with van der Waals surface area (Å²) >= 11 is 0. The largest absolute Gasteiger partial charge is 0.387 e. The molecule has 2 atom stereocenters. The third-order valence-electron chi connectivity index (χ3n) is 3.39. The van der Waals surface area contributed by atoms with Crippen LogP contribution in [0.2, 0.25) is 0 Å². The Morgan fingerprint density at radius 2 is 2.05 bits per heavy atom. The van der Waals surface area contributed by atoms with Gasteiger partial charge < -0.3 is 10.4 Å². The molecule has 1 aromatic carbocycles. The monoisotopic (exact) mass is 262 g/mol. The molecular formula is C14H18N2O3. The molecule has 1 aliphatic rings. The minimum atomic E-state index is -0.656. The summed E-state index contributed by atoms with van der Waals surface area (Å²) in [5.41, 5.74) is 0.808. The lowest BCUT2D eigenvalue weighted by atomic mass is 10.0. The van der Waals surface area contributed by atoms with Gasteiger partial charge in [-0.3, -0.25) is 14.5 Å². The average molecular weight is 262 g/mol. The first-order chi connectivity index (χ1) is 9.09. The highest BCUT2D eigenvalue weighted by Crippen LogP contribution is 2.14. The first kappa shape index (κ1) is 13.7. The van der Waals surface area contributed by atoms with Gasteiger partial charge in [-0.15, -0.1) is 0 Å². The second-order valence-corrected chi connectivity index (χ2v) is 4.72. The molecule has 0 bridgehead atoms. The number of benzene rings is 1. The molecule has 0 spiro atoms. The molecule has 1 aliphatic heterocycles. The number of likely N-dealkylation sites (tertiary alicyclic amines) is 1. The average Bonchev–Trinajstić information content (AvgIpc) is 2.45. The molecule has 1 fully saturated rings. The van der Waals surface area contributed by atoms with Gasteiger partial charge in [0, 0.05) is 20.0 Å². The number of aliphatic hydroxyl groups is 1. The van der Waals surface area contributed by atoms with E-state index in [4.69, 9.17) is 0 Å². The number of amides is 2. The summed E-state index contributed by atoms with van der Waals surface area (Å²) in [6, 6.07) is 8.89. The quantitative estimate of drug-likeness (QED) is 0.773. The summed E-state index contributed by atoms with van der Waals surface area (Å²) < 4.78 is 0. The van der Waals surface area contributed by atoms with E-state index in [0.717, 1.165) is 10.5 Å². The molecule has 102 valence electrons. The molecule has 1 saturated heterocycles. The zero-order chi connectivity index (χ0) is 13.8. The molecule has 2 unspecified atom stereocenters. The molecule has 1 aromatic rings. The lowest BCUT2D eigenvalue weighted by Crippen LogP contribution is -2.52. The highest BCUT2D eigenvalue weighted by atomic mass is 16.3. The molecule has 1 heterocycles. The van der Waals surface area contributed by atoms with Crippen molar-refractivity contribution in [1.29, 1.82) is 0 Å². The molecule has 2 rings (SSSR count). The van der Waals surface area contributed by atoms with Gasteiger partial charge in [-0.25, -0.2) is 0 Å². The minimum absolute atomic E-state index is 0.147. The fourth-order valence-electron chi connectivity index (χ4n) is 2.15. The number of nitrogens with zero attached hydrogens (tertiary/aromatic N) is 1. The van der Waals surface area contributed by atoms with E-state index in [9.17, 15) is 14.7 Å². The van der Waals surface area contributed by atoms with Crippen molar-refractivity contribution >= 4 is 11.8 Å². The fraction of sp³-hybridized carbons (Fsp3) is 0.429. The van der Waals surface area contributed by atoms with Crippen LogP contribution in [0.1, 0.15) is 24.5 Å². The summed E-state index contributed by atoms with van der Waals surface area (Å²) in [6.07, 6.45) is 0.196. The second-order valence-electron chi connectivity index (χ2n) is 4.72. The molecule has 5 nitrogen and oxygen atoms in total. The van der Waals surface area contributed by atoms with Crippen LogP contribution in [0.25, 0.3) is 0 Å². The van der Waals surface area contributed by atoms with Gasteiger partial charge in [0.05, 0.1) is 12.1 Å². The summed E-state index contributed by atoms with van der Waals surface area (Å²) in [7, 11) is 1.49. The van der Waals surface area contributed by atoms with Crippen molar-refractivity contribution in [3.63, 3.8) is 0 Å². The highest BCUT2D eigenvalue weighted by molar-refractivity contribution is 6.00.